The molecule has 0 aliphatic rings. The molecule has 27 heavy (non-hydrogen) atoms. The van der Waals surface area contributed by atoms with Gasteiger partial charge in [-0.05, 0) is 37.6 Å². The lowest BCUT2D eigenvalue weighted by molar-refractivity contribution is 0.0695. The second-order valence-electron chi connectivity index (χ2n) is 6.64. The summed E-state index contributed by atoms with van der Waals surface area (Å²) in [4.78, 5) is 23.7. The summed E-state index contributed by atoms with van der Waals surface area (Å²) in [5.74, 6) is -0.472. The van der Waals surface area contributed by atoms with Gasteiger partial charge in [0.2, 0.25) is 5.95 Å². The summed E-state index contributed by atoms with van der Waals surface area (Å²) in [6.07, 6.45) is 5.08. The summed E-state index contributed by atoms with van der Waals surface area (Å²) in [7, 11) is 0. The predicted octanol–water partition coefficient (Wildman–Crippen LogP) is 3.08. The van der Waals surface area contributed by atoms with Gasteiger partial charge in [-0.3, -0.25) is 4.98 Å². The molecule has 2 aromatic heterocycles. The van der Waals surface area contributed by atoms with Crippen molar-refractivity contribution in [1.29, 1.82) is 0 Å². The third-order valence-corrected chi connectivity index (χ3v) is 4.03. The van der Waals surface area contributed by atoms with E-state index in [0.29, 0.717) is 18.2 Å². The Hall–Kier alpha value is -3.32. The van der Waals surface area contributed by atoms with Crippen LogP contribution in [-0.2, 0) is 12.1 Å². The van der Waals surface area contributed by atoms with Gasteiger partial charge in [-0.15, -0.1) is 0 Å². The van der Waals surface area contributed by atoms with Crippen molar-refractivity contribution < 1.29 is 15.0 Å². The standard InChI is InChI=1S/C20H20N4O3/c1-20(2,27)17-8-7-15(10-21-17)16-11-23-19(24-12-16)22-9-13-3-5-14(6-4-13)18(25)26/h3-8,10-12,27H,9H2,1-2H3,(H,25,26)(H,22,23,24). The fourth-order valence-corrected chi connectivity index (χ4v) is 2.44. The number of benzene rings is 1. The Labute approximate surface area is 156 Å². The van der Waals surface area contributed by atoms with Gasteiger partial charge in [0.1, 0.15) is 5.60 Å². The average Bonchev–Trinajstić information content (AvgIpc) is 2.66. The molecular formula is C20H20N4O3. The Morgan fingerprint density at radius 1 is 0.963 bits per heavy atom. The van der Waals surface area contributed by atoms with E-state index >= 15 is 0 Å². The molecule has 0 saturated heterocycles. The summed E-state index contributed by atoms with van der Waals surface area (Å²) in [5, 5.41) is 22.0. The van der Waals surface area contributed by atoms with Crippen LogP contribution in [-0.4, -0.2) is 31.1 Å². The van der Waals surface area contributed by atoms with E-state index in [-0.39, 0.29) is 5.56 Å². The van der Waals surface area contributed by atoms with Crippen LogP contribution in [0.5, 0.6) is 0 Å². The van der Waals surface area contributed by atoms with E-state index in [1.54, 1.807) is 62.8 Å². The van der Waals surface area contributed by atoms with Gasteiger partial charge >= 0.3 is 5.97 Å². The van der Waals surface area contributed by atoms with E-state index in [2.05, 4.69) is 20.3 Å². The number of aromatic carboxylic acids is 1. The smallest absolute Gasteiger partial charge is 0.335 e. The maximum Gasteiger partial charge on any atom is 0.335 e. The number of aliphatic hydroxyl groups is 1. The van der Waals surface area contributed by atoms with Crippen molar-refractivity contribution in [1.82, 2.24) is 15.0 Å². The highest BCUT2D eigenvalue weighted by molar-refractivity contribution is 5.87. The van der Waals surface area contributed by atoms with Gasteiger partial charge in [0, 0.05) is 36.3 Å². The molecule has 3 rings (SSSR count). The first kappa shape index (κ1) is 18.5. The zero-order valence-corrected chi connectivity index (χ0v) is 15.0. The maximum absolute atomic E-state index is 10.9. The number of rotatable bonds is 6. The Kier molecular flexibility index (Phi) is 5.14. The first-order valence-electron chi connectivity index (χ1n) is 8.40. The van der Waals surface area contributed by atoms with Crippen molar-refractivity contribution in [2.24, 2.45) is 0 Å². The molecule has 0 fully saturated rings. The maximum atomic E-state index is 10.9. The highest BCUT2D eigenvalue weighted by atomic mass is 16.4. The number of carbonyl (C=O) groups is 1. The highest BCUT2D eigenvalue weighted by Crippen LogP contribution is 2.22. The first-order chi connectivity index (χ1) is 12.8. The second-order valence-corrected chi connectivity index (χ2v) is 6.64. The minimum atomic E-state index is -0.981. The van der Waals surface area contributed by atoms with E-state index in [1.165, 1.54) is 0 Å². The topological polar surface area (TPSA) is 108 Å². The summed E-state index contributed by atoms with van der Waals surface area (Å²) >= 11 is 0. The number of hydrogen-bond donors (Lipinski definition) is 3. The third-order valence-electron chi connectivity index (χ3n) is 4.03. The van der Waals surface area contributed by atoms with Crippen molar-refractivity contribution in [2.45, 2.75) is 26.0 Å². The Balaban J connectivity index is 1.64. The molecule has 3 aromatic rings. The SMILES string of the molecule is CC(C)(O)c1ccc(-c2cnc(NCc3ccc(C(=O)O)cc3)nc2)cn1. The van der Waals surface area contributed by atoms with Gasteiger partial charge in [-0.25, -0.2) is 14.8 Å². The van der Waals surface area contributed by atoms with Crippen LogP contribution in [0, 0.1) is 0 Å². The predicted molar refractivity (Wildman–Crippen MR) is 101 cm³/mol. The van der Waals surface area contributed by atoms with Crippen LogP contribution in [0.25, 0.3) is 11.1 Å². The molecule has 0 radical (unpaired) electrons. The molecule has 0 spiro atoms. The highest BCUT2D eigenvalue weighted by Gasteiger charge is 2.17. The van der Waals surface area contributed by atoms with E-state index in [0.717, 1.165) is 16.7 Å². The van der Waals surface area contributed by atoms with Crippen LogP contribution < -0.4 is 5.32 Å². The number of anilines is 1. The lowest BCUT2D eigenvalue weighted by Gasteiger charge is -2.16. The zero-order valence-electron chi connectivity index (χ0n) is 15.0. The molecule has 1 aromatic carbocycles. The van der Waals surface area contributed by atoms with E-state index in [9.17, 15) is 9.90 Å². The molecule has 0 amide bonds. The summed E-state index contributed by atoms with van der Waals surface area (Å²) in [5.41, 5.74) is 2.48. The number of carboxylic acid groups (broad SMARTS) is 1. The number of carboxylic acids is 1. The van der Waals surface area contributed by atoms with Gasteiger partial charge in [0.25, 0.3) is 0 Å². The van der Waals surface area contributed by atoms with Crippen molar-refractivity contribution in [2.75, 3.05) is 5.32 Å². The minimum absolute atomic E-state index is 0.253. The molecule has 7 nitrogen and oxygen atoms in total. The molecule has 7 heteroatoms. The van der Waals surface area contributed by atoms with Gasteiger partial charge in [0.15, 0.2) is 0 Å². The summed E-state index contributed by atoms with van der Waals surface area (Å²) in [6, 6.07) is 10.3. The lowest BCUT2D eigenvalue weighted by Crippen LogP contribution is -2.17. The molecule has 2 heterocycles. The van der Waals surface area contributed by atoms with Crippen LogP contribution >= 0.6 is 0 Å². The average molecular weight is 364 g/mol. The Morgan fingerprint density at radius 2 is 1.59 bits per heavy atom. The molecule has 0 saturated carbocycles. The van der Waals surface area contributed by atoms with E-state index < -0.39 is 11.6 Å². The van der Waals surface area contributed by atoms with Crippen molar-refractivity contribution in [3.63, 3.8) is 0 Å². The monoisotopic (exact) mass is 364 g/mol. The number of hydrogen-bond acceptors (Lipinski definition) is 6. The fraction of sp³-hybridized carbons (Fsp3) is 0.200. The minimum Gasteiger partial charge on any atom is -0.478 e. The second kappa shape index (κ2) is 7.51. The van der Waals surface area contributed by atoms with E-state index in [1.807, 2.05) is 6.07 Å². The van der Waals surface area contributed by atoms with Crippen molar-refractivity contribution >= 4 is 11.9 Å². The first-order valence-corrected chi connectivity index (χ1v) is 8.40. The van der Waals surface area contributed by atoms with Gasteiger partial charge < -0.3 is 15.5 Å². The van der Waals surface area contributed by atoms with Gasteiger partial charge in [-0.2, -0.15) is 0 Å². The number of nitrogens with one attached hydrogen (secondary N) is 1. The Bertz CT molecular complexity index is 915. The van der Waals surface area contributed by atoms with Gasteiger partial charge in [-0.1, -0.05) is 18.2 Å². The quantitative estimate of drug-likeness (QED) is 0.617. The molecular weight excluding hydrogens is 344 g/mol. The largest absolute Gasteiger partial charge is 0.478 e. The van der Waals surface area contributed by atoms with Crippen LogP contribution in [0.1, 0.15) is 35.5 Å². The molecule has 0 aliphatic carbocycles. The lowest BCUT2D eigenvalue weighted by atomic mass is 10.0. The fourth-order valence-electron chi connectivity index (χ4n) is 2.44. The molecule has 3 N–H and O–H groups in total. The summed E-state index contributed by atoms with van der Waals surface area (Å²) < 4.78 is 0. The molecule has 138 valence electrons. The zero-order chi connectivity index (χ0) is 19.4. The summed E-state index contributed by atoms with van der Waals surface area (Å²) in [6.45, 7) is 3.86. The molecule has 0 aliphatic heterocycles. The molecule has 0 bridgehead atoms. The normalized spacial score (nSPS) is 11.2. The van der Waals surface area contributed by atoms with E-state index in [4.69, 9.17) is 5.11 Å². The van der Waals surface area contributed by atoms with Crippen LogP contribution in [0.3, 0.4) is 0 Å². The van der Waals surface area contributed by atoms with Crippen LogP contribution in [0.4, 0.5) is 5.95 Å². The number of nitrogens with zero attached hydrogens (tertiary/aromatic N) is 3. The van der Waals surface area contributed by atoms with Crippen molar-refractivity contribution in [3.8, 4) is 11.1 Å². The number of aromatic nitrogens is 3. The third kappa shape index (κ3) is 4.65. The van der Waals surface area contributed by atoms with Crippen LogP contribution in [0.2, 0.25) is 0 Å². The van der Waals surface area contributed by atoms with Gasteiger partial charge in [0.05, 0.1) is 11.3 Å². The Morgan fingerprint density at radius 3 is 2.11 bits per heavy atom. The molecule has 0 atom stereocenters. The van der Waals surface area contributed by atoms with Crippen LogP contribution in [0.15, 0.2) is 55.0 Å². The molecule has 0 unspecified atom stereocenters. The number of pyridine rings is 1. The van der Waals surface area contributed by atoms with Crippen molar-refractivity contribution in [3.05, 3.63) is 71.8 Å².